The molecule has 0 aliphatic carbocycles. The summed E-state index contributed by atoms with van der Waals surface area (Å²) in [6, 6.07) is 7.42. The van der Waals surface area contributed by atoms with Crippen molar-refractivity contribution in [2.75, 3.05) is 13.2 Å². The van der Waals surface area contributed by atoms with Crippen LogP contribution in [0.15, 0.2) is 24.3 Å². The van der Waals surface area contributed by atoms with Gasteiger partial charge in [0.1, 0.15) is 5.75 Å². The minimum absolute atomic E-state index is 0.0602. The number of amides is 1. The molecule has 0 radical (unpaired) electrons. The average Bonchev–Trinajstić information content (AvgIpc) is 2.46. The molecule has 4 heteroatoms. The third-order valence-electron chi connectivity index (χ3n) is 3.32. The molecule has 118 valence electrons. The molecule has 1 rings (SSSR count). The van der Waals surface area contributed by atoms with Gasteiger partial charge in [-0.25, -0.2) is 0 Å². The number of unbranched alkanes of at least 4 members (excludes halogenated alkanes) is 1. The Morgan fingerprint density at radius 3 is 2.48 bits per heavy atom. The number of benzene rings is 1. The van der Waals surface area contributed by atoms with Gasteiger partial charge in [-0.1, -0.05) is 32.4 Å². The second-order valence-electron chi connectivity index (χ2n) is 5.80. The topological polar surface area (TPSA) is 38.3 Å². The van der Waals surface area contributed by atoms with Crippen LogP contribution in [0, 0.1) is 11.8 Å². The fourth-order valence-electron chi connectivity index (χ4n) is 1.90. The first-order valence-corrected chi connectivity index (χ1v) is 8.03. The van der Waals surface area contributed by atoms with E-state index in [2.05, 4.69) is 12.2 Å². The number of halogens is 1. The Morgan fingerprint density at radius 2 is 1.86 bits per heavy atom. The molecular formula is C17H26ClNO2. The van der Waals surface area contributed by atoms with Crippen molar-refractivity contribution in [3.8, 4) is 5.75 Å². The van der Waals surface area contributed by atoms with E-state index >= 15 is 0 Å². The Labute approximate surface area is 133 Å². The normalized spacial score (nSPS) is 12.2. The first-order chi connectivity index (χ1) is 9.99. The van der Waals surface area contributed by atoms with E-state index in [1.807, 2.05) is 38.1 Å². The van der Waals surface area contributed by atoms with Gasteiger partial charge in [0.25, 0.3) is 0 Å². The maximum atomic E-state index is 11.5. The van der Waals surface area contributed by atoms with Crippen LogP contribution in [0.25, 0.3) is 0 Å². The van der Waals surface area contributed by atoms with Crippen LogP contribution >= 0.6 is 11.6 Å². The van der Waals surface area contributed by atoms with Crippen molar-refractivity contribution in [2.45, 2.75) is 40.0 Å². The van der Waals surface area contributed by atoms with Crippen molar-refractivity contribution >= 4 is 17.5 Å². The van der Waals surface area contributed by atoms with Crippen LogP contribution in [0.4, 0.5) is 0 Å². The summed E-state index contributed by atoms with van der Waals surface area (Å²) in [4.78, 5) is 11.5. The van der Waals surface area contributed by atoms with Crippen molar-refractivity contribution in [1.29, 1.82) is 0 Å². The summed E-state index contributed by atoms with van der Waals surface area (Å²) in [6.45, 7) is 7.46. The molecule has 0 aromatic heterocycles. The third kappa shape index (κ3) is 7.96. The van der Waals surface area contributed by atoms with Crippen molar-refractivity contribution in [2.24, 2.45) is 11.8 Å². The first-order valence-electron chi connectivity index (χ1n) is 7.65. The summed E-state index contributed by atoms with van der Waals surface area (Å²) < 4.78 is 5.64. The van der Waals surface area contributed by atoms with Crippen LogP contribution in [0.2, 0.25) is 5.02 Å². The SMILES string of the molecule is CC(CCCCOc1ccc(Cl)cc1)CNC(=O)C(C)C. The molecule has 21 heavy (non-hydrogen) atoms. The highest BCUT2D eigenvalue weighted by atomic mass is 35.5. The summed E-state index contributed by atoms with van der Waals surface area (Å²) in [5.74, 6) is 1.55. The summed E-state index contributed by atoms with van der Waals surface area (Å²) >= 11 is 5.82. The van der Waals surface area contributed by atoms with E-state index in [9.17, 15) is 4.79 Å². The molecule has 1 N–H and O–H groups in total. The fourth-order valence-corrected chi connectivity index (χ4v) is 2.02. The van der Waals surface area contributed by atoms with Gasteiger partial charge in [-0.05, 0) is 49.4 Å². The third-order valence-corrected chi connectivity index (χ3v) is 3.57. The molecule has 0 saturated carbocycles. The molecule has 1 amide bonds. The Balaban J connectivity index is 2.05. The lowest BCUT2D eigenvalue weighted by Gasteiger charge is -2.14. The highest BCUT2D eigenvalue weighted by Gasteiger charge is 2.08. The van der Waals surface area contributed by atoms with Gasteiger partial charge < -0.3 is 10.1 Å². The van der Waals surface area contributed by atoms with E-state index in [0.717, 1.165) is 36.6 Å². The summed E-state index contributed by atoms with van der Waals surface area (Å²) in [5.41, 5.74) is 0. The minimum Gasteiger partial charge on any atom is -0.494 e. The van der Waals surface area contributed by atoms with Gasteiger partial charge in [-0.15, -0.1) is 0 Å². The molecule has 0 heterocycles. The molecule has 0 saturated heterocycles. The maximum absolute atomic E-state index is 11.5. The standard InChI is InChI=1S/C17H26ClNO2/c1-13(2)17(20)19-12-14(3)6-4-5-11-21-16-9-7-15(18)8-10-16/h7-10,13-14H,4-6,11-12H2,1-3H3,(H,19,20). The van der Waals surface area contributed by atoms with Crippen LogP contribution in [0.1, 0.15) is 40.0 Å². The summed E-state index contributed by atoms with van der Waals surface area (Å²) in [5, 5.41) is 3.69. The van der Waals surface area contributed by atoms with E-state index in [-0.39, 0.29) is 11.8 Å². The van der Waals surface area contributed by atoms with Gasteiger partial charge in [0, 0.05) is 17.5 Å². The second-order valence-corrected chi connectivity index (χ2v) is 6.24. The summed E-state index contributed by atoms with van der Waals surface area (Å²) in [6.07, 6.45) is 3.22. The quantitative estimate of drug-likeness (QED) is 0.691. The molecule has 1 aromatic carbocycles. The lowest BCUT2D eigenvalue weighted by atomic mass is 10.0. The number of hydrogen-bond acceptors (Lipinski definition) is 2. The lowest BCUT2D eigenvalue weighted by molar-refractivity contribution is -0.124. The predicted octanol–water partition coefficient (Wildman–Crippen LogP) is 4.30. The van der Waals surface area contributed by atoms with Crippen molar-refractivity contribution in [3.05, 3.63) is 29.3 Å². The van der Waals surface area contributed by atoms with E-state index in [1.165, 1.54) is 0 Å². The van der Waals surface area contributed by atoms with Gasteiger partial charge in [0.2, 0.25) is 5.91 Å². The average molecular weight is 312 g/mol. The number of nitrogens with one attached hydrogen (secondary N) is 1. The molecule has 1 unspecified atom stereocenters. The Hall–Kier alpha value is -1.22. The Kier molecular flexibility index (Phi) is 8.21. The van der Waals surface area contributed by atoms with E-state index in [1.54, 1.807) is 0 Å². The zero-order chi connectivity index (χ0) is 15.7. The van der Waals surface area contributed by atoms with Crippen LogP contribution in [0.5, 0.6) is 5.75 Å². The number of ether oxygens (including phenoxy) is 1. The molecule has 0 bridgehead atoms. The van der Waals surface area contributed by atoms with Crippen LogP contribution in [0.3, 0.4) is 0 Å². The van der Waals surface area contributed by atoms with Gasteiger partial charge in [0.05, 0.1) is 6.61 Å². The molecule has 3 nitrogen and oxygen atoms in total. The molecule has 0 fully saturated rings. The molecule has 0 spiro atoms. The largest absolute Gasteiger partial charge is 0.494 e. The van der Waals surface area contributed by atoms with Gasteiger partial charge >= 0.3 is 0 Å². The van der Waals surface area contributed by atoms with Gasteiger partial charge in [-0.2, -0.15) is 0 Å². The van der Waals surface area contributed by atoms with Crippen LogP contribution < -0.4 is 10.1 Å². The van der Waals surface area contributed by atoms with Gasteiger partial charge in [0.15, 0.2) is 0 Å². The van der Waals surface area contributed by atoms with Gasteiger partial charge in [-0.3, -0.25) is 4.79 Å². The molecule has 1 atom stereocenters. The van der Waals surface area contributed by atoms with E-state index in [0.29, 0.717) is 12.5 Å². The highest BCUT2D eigenvalue weighted by molar-refractivity contribution is 6.30. The maximum Gasteiger partial charge on any atom is 0.222 e. The zero-order valence-corrected chi connectivity index (χ0v) is 14.0. The molecule has 0 aliphatic rings. The van der Waals surface area contributed by atoms with Crippen molar-refractivity contribution in [1.82, 2.24) is 5.32 Å². The van der Waals surface area contributed by atoms with E-state index in [4.69, 9.17) is 16.3 Å². The molecule has 0 aliphatic heterocycles. The Bertz CT molecular complexity index is 417. The van der Waals surface area contributed by atoms with Crippen LogP contribution in [-0.2, 0) is 4.79 Å². The number of rotatable bonds is 9. The highest BCUT2D eigenvalue weighted by Crippen LogP contribution is 2.16. The predicted molar refractivity (Wildman–Crippen MR) is 87.8 cm³/mol. The fraction of sp³-hybridized carbons (Fsp3) is 0.588. The number of hydrogen-bond donors (Lipinski definition) is 1. The lowest BCUT2D eigenvalue weighted by Crippen LogP contribution is -2.31. The van der Waals surface area contributed by atoms with E-state index < -0.39 is 0 Å². The monoisotopic (exact) mass is 311 g/mol. The number of carbonyl (C=O) groups is 1. The van der Waals surface area contributed by atoms with Crippen molar-refractivity contribution in [3.63, 3.8) is 0 Å². The second kappa shape index (κ2) is 9.67. The van der Waals surface area contributed by atoms with Crippen LogP contribution in [-0.4, -0.2) is 19.1 Å². The smallest absolute Gasteiger partial charge is 0.222 e. The summed E-state index contributed by atoms with van der Waals surface area (Å²) in [7, 11) is 0. The van der Waals surface area contributed by atoms with Crippen molar-refractivity contribution < 1.29 is 9.53 Å². The zero-order valence-electron chi connectivity index (χ0n) is 13.2. The number of carbonyl (C=O) groups excluding carboxylic acids is 1. The molecule has 1 aromatic rings. The Morgan fingerprint density at radius 1 is 1.19 bits per heavy atom. The minimum atomic E-state index is 0.0602. The first kappa shape index (κ1) is 17.8. The molecular weight excluding hydrogens is 286 g/mol.